The van der Waals surface area contributed by atoms with Crippen LogP contribution >= 0.6 is 0 Å². The van der Waals surface area contributed by atoms with Crippen LogP contribution in [0.2, 0.25) is 0 Å². The molecule has 0 fully saturated rings. The second-order valence-electron chi connectivity index (χ2n) is 3.14. The number of aliphatic carboxylic acids is 1. The fourth-order valence-electron chi connectivity index (χ4n) is 1.11. The van der Waals surface area contributed by atoms with Crippen molar-refractivity contribution in [2.45, 2.75) is 25.4 Å². The van der Waals surface area contributed by atoms with Gasteiger partial charge in [-0.05, 0) is 18.9 Å². The number of carbonyl (C=O) groups is 1. The molecule has 4 nitrogen and oxygen atoms in total. The van der Waals surface area contributed by atoms with Crippen molar-refractivity contribution in [3.05, 3.63) is 23.8 Å². The number of nitrogens with zero attached hydrogens (tertiary/aromatic N) is 2. The molecule has 1 rings (SSSR count). The lowest BCUT2D eigenvalue weighted by molar-refractivity contribution is -0.141. The number of halogens is 3. The van der Waals surface area contributed by atoms with Gasteiger partial charge in [-0.3, -0.25) is 4.79 Å². The van der Waals surface area contributed by atoms with E-state index in [0.29, 0.717) is 0 Å². The van der Waals surface area contributed by atoms with Crippen LogP contribution in [-0.4, -0.2) is 21.0 Å². The molecule has 1 aromatic rings. The highest BCUT2D eigenvalue weighted by molar-refractivity contribution is 5.66. The molecule has 0 spiro atoms. The van der Waals surface area contributed by atoms with Crippen molar-refractivity contribution in [1.29, 1.82) is 0 Å². The number of carboxylic acid groups (broad SMARTS) is 1. The molecule has 0 aromatic carbocycles. The third-order valence-electron chi connectivity index (χ3n) is 1.84. The van der Waals surface area contributed by atoms with Gasteiger partial charge in [0.2, 0.25) is 0 Å². The second-order valence-corrected chi connectivity index (χ2v) is 3.14. The molecular formula is C9H9F3N2O2. The van der Waals surface area contributed by atoms with Crippen molar-refractivity contribution >= 4 is 5.97 Å². The van der Waals surface area contributed by atoms with Gasteiger partial charge in [-0.15, -0.1) is 0 Å². The highest BCUT2D eigenvalue weighted by atomic mass is 19.4. The first-order valence-corrected chi connectivity index (χ1v) is 4.49. The molecule has 7 heteroatoms. The van der Waals surface area contributed by atoms with Gasteiger partial charge in [-0.1, -0.05) is 0 Å². The van der Waals surface area contributed by atoms with Crippen LogP contribution in [0.3, 0.4) is 0 Å². The monoisotopic (exact) mass is 234 g/mol. The van der Waals surface area contributed by atoms with E-state index in [9.17, 15) is 18.0 Å². The number of hydrogen-bond acceptors (Lipinski definition) is 3. The molecule has 0 atom stereocenters. The average Bonchev–Trinajstić information content (AvgIpc) is 2.16. The van der Waals surface area contributed by atoms with Crippen LogP contribution < -0.4 is 0 Å². The zero-order valence-electron chi connectivity index (χ0n) is 8.16. The van der Waals surface area contributed by atoms with Crippen LogP contribution in [0.4, 0.5) is 13.2 Å². The van der Waals surface area contributed by atoms with Gasteiger partial charge in [0.25, 0.3) is 0 Å². The Balaban J connectivity index is 2.64. The Hall–Kier alpha value is -1.66. The summed E-state index contributed by atoms with van der Waals surface area (Å²) in [5, 5.41) is 8.36. The largest absolute Gasteiger partial charge is 0.481 e. The molecule has 1 aromatic heterocycles. The summed E-state index contributed by atoms with van der Waals surface area (Å²) in [5.74, 6) is -0.981. The highest BCUT2D eigenvalue weighted by Gasteiger charge is 2.32. The first-order valence-electron chi connectivity index (χ1n) is 4.49. The van der Waals surface area contributed by atoms with Crippen molar-refractivity contribution in [2.24, 2.45) is 0 Å². The number of aryl methyl sites for hydroxylation is 1. The standard InChI is InChI=1S/C9H9F3N2O2/c10-9(11,12)7-4-6(13-5-14-7)2-1-3-8(15)16/h4-5H,1-3H2,(H,15,16). The number of carboxylic acids is 1. The molecule has 0 aliphatic carbocycles. The maximum absolute atomic E-state index is 12.2. The highest BCUT2D eigenvalue weighted by Crippen LogP contribution is 2.27. The first kappa shape index (κ1) is 12.4. The Labute approximate surface area is 89.1 Å². The van der Waals surface area contributed by atoms with Crippen LogP contribution in [0.25, 0.3) is 0 Å². The number of rotatable bonds is 4. The lowest BCUT2D eigenvalue weighted by Crippen LogP contribution is -2.09. The summed E-state index contributed by atoms with van der Waals surface area (Å²) < 4.78 is 36.7. The summed E-state index contributed by atoms with van der Waals surface area (Å²) in [4.78, 5) is 17.0. The van der Waals surface area contributed by atoms with Crippen LogP contribution in [0.5, 0.6) is 0 Å². The molecule has 1 heterocycles. The van der Waals surface area contributed by atoms with Crippen molar-refractivity contribution < 1.29 is 23.1 Å². The summed E-state index contributed by atoms with van der Waals surface area (Å²) in [6.07, 6.45) is -3.31. The van der Waals surface area contributed by atoms with E-state index in [1.165, 1.54) is 0 Å². The first-order chi connectivity index (χ1) is 7.39. The molecule has 0 aliphatic heterocycles. The van der Waals surface area contributed by atoms with E-state index in [1.807, 2.05) is 0 Å². The van der Waals surface area contributed by atoms with Gasteiger partial charge in [-0.2, -0.15) is 13.2 Å². The minimum Gasteiger partial charge on any atom is -0.481 e. The molecule has 88 valence electrons. The number of alkyl halides is 3. The van der Waals surface area contributed by atoms with E-state index in [1.54, 1.807) is 0 Å². The van der Waals surface area contributed by atoms with E-state index >= 15 is 0 Å². The Bertz CT molecular complexity index is 379. The Morgan fingerprint density at radius 1 is 1.38 bits per heavy atom. The summed E-state index contributed by atoms with van der Waals surface area (Å²) in [6.45, 7) is 0. The van der Waals surface area contributed by atoms with Crippen molar-refractivity contribution in [1.82, 2.24) is 9.97 Å². The third-order valence-corrected chi connectivity index (χ3v) is 1.84. The quantitative estimate of drug-likeness (QED) is 0.864. The Morgan fingerprint density at radius 3 is 2.62 bits per heavy atom. The second kappa shape index (κ2) is 4.91. The fraction of sp³-hybridized carbons (Fsp3) is 0.444. The molecule has 0 unspecified atom stereocenters. The van der Waals surface area contributed by atoms with Crippen molar-refractivity contribution in [2.75, 3.05) is 0 Å². The Morgan fingerprint density at radius 2 is 2.06 bits per heavy atom. The zero-order valence-corrected chi connectivity index (χ0v) is 8.16. The van der Waals surface area contributed by atoms with Crippen LogP contribution in [0.15, 0.2) is 12.4 Å². The summed E-state index contributed by atoms with van der Waals surface area (Å²) >= 11 is 0. The van der Waals surface area contributed by atoms with E-state index in [-0.39, 0.29) is 25.0 Å². The molecule has 16 heavy (non-hydrogen) atoms. The molecule has 0 saturated carbocycles. The summed E-state index contributed by atoms with van der Waals surface area (Å²) in [5.41, 5.74) is -0.809. The Kier molecular flexibility index (Phi) is 3.81. The van der Waals surface area contributed by atoms with Crippen LogP contribution in [-0.2, 0) is 17.4 Å². The van der Waals surface area contributed by atoms with E-state index in [4.69, 9.17) is 5.11 Å². The topological polar surface area (TPSA) is 63.1 Å². The maximum Gasteiger partial charge on any atom is 0.433 e. The van der Waals surface area contributed by atoms with Crippen molar-refractivity contribution in [3.8, 4) is 0 Å². The third kappa shape index (κ3) is 3.84. The fourth-order valence-corrected chi connectivity index (χ4v) is 1.11. The predicted octanol–water partition coefficient (Wildman–Crippen LogP) is 1.90. The van der Waals surface area contributed by atoms with Crippen LogP contribution in [0, 0.1) is 0 Å². The molecule has 0 aliphatic rings. The molecule has 0 bridgehead atoms. The molecule has 0 amide bonds. The molecule has 0 saturated heterocycles. The predicted molar refractivity (Wildman–Crippen MR) is 47.6 cm³/mol. The van der Waals surface area contributed by atoms with E-state index in [0.717, 1.165) is 12.4 Å². The molecule has 0 radical (unpaired) electrons. The maximum atomic E-state index is 12.2. The van der Waals surface area contributed by atoms with Crippen LogP contribution in [0.1, 0.15) is 24.2 Å². The van der Waals surface area contributed by atoms with E-state index < -0.39 is 17.8 Å². The lowest BCUT2D eigenvalue weighted by Gasteiger charge is -2.06. The molecular weight excluding hydrogens is 225 g/mol. The van der Waals surface area contributed by atoms with Gasteiger partial charge in [-0.25, -0.2) is 9.97 Å². The average molecular weight is 234 g/mol. The number of hydrogen-bond donors (Lipinski definition) is 1. The lowest BCUT2D eigenvalue weighted by atomic mass is 10.1. The van der Waals surface area contributed by atoms with E-state index in [2.05, 4.69) is 9.97 Å². The minimum atomic E-state index is -4.50. The van der Waals surface area contributed by atoms with Gasteiger partial charge < -0.3 is 5.11 Å². The van der Waals surface area contributed by atoms with Gasteiger partial charge in [0.15, 0.2) is 0 Å². The van der Waals surface area contributed by atoms with Gasteiger partial charge in [0, 0.05) is 12.1 Å². The SMILES string of the molecule is O=C(O)CCCc1cc(C(F)(F)F)ncn1. The zero-order chi connectivity index (χ0) is 12.2. The minimum absolute atomic E-state index is 0.0919. The normalized spacial score (nSPS) is 11.4. The summed E-state index contributed by atoms with van der Waals surface area (Å²) in [6, 6.07) is 0.835. The number of aromatic nitrogens is 2. The van der Waals surface area contributed by atoms with Gasteiger partial charge in [0.1, 0.15) is 12.0 Å². The van der Waals surface area contributed by atoms with Gasteiger partial charge in [0.05, 0.1) is 0 Å². The smallest absolute Gasteiger partial charge is 0.433 e. The molecule has 1 N–H and O–H groups in total. The van der Waals surface area contributed by atoms with Crippen molar-refractivity contribution in [3.63, 3.8) is 0 Å². The summed E-state index contributed by atoms with van der Waals surface area (Å²) in [7, 11) is 0. The van der Waals surface area contributed by atoms with Gasteiger partial charge >= 0.3 is 12.1 Å².